The van der Waals surface area contributed by atoms with Gasteiger partial charge in [0.15, 0.2) is 17.2 Å². The minimum absolute atomic E-state index is 0.0729. The molecule has 1 N–H and O–H groups in total. The van der Waals surface area contributed by atoms with E-state index >= 15 is 0 Å². The Labute approximate surface area is 147 Å². The second kappa shape index (κ2) is 6.72. The smallest absolute Gasteiger partial charge is 0.332 e. The molecule has 2 aromatic rings. The Balaban J connectivity index is 2.01. The van der Waals surface area contributed by atoms with E-state index in [4.69, 9.17) is 4.74 Å². The van der Waals surface area contributed by atoms with E-state index in [9.17, 15) is 23.6 Å². The van der Waals surface area contributed by atoms with Gasteiger partial charge in [-0.25, -0.2) is 13.6 Å². The van der Waals surface area contributed by atoms with Crippen molar-refractivity contribution in [3.8, 4) is 6.07 Å². The molecule has 0 aliphatic carbocycles. The Bertz CT molecular complexity index is 1020. The van der Waals surface area contributed by atoms with E-state index in [2.05, 4.69) is 5.32 Å². The van der Waals surface area contributed by atoms with E-state index in [0.717, 1.165) is 16.7 Å². The van der Waals surface area contributed by atoms with Crippen LogP contribution in [0.3, 0.4) is 0 Å². The Morgan fingerprint density at radius 2 is 1.96 bits per heavy atom. The second-order valence-electron chi connectivity index (χ2n) is 6.05. The molecule has 1 aliphatic rings. The molecule has 7 nitrogen and oxygen atoms in total. The molecule has 2 atom stereocenters. The van der Waals surface area contributed by atoms with E-state index in [1.54, 1.807) is 0 Å². The van der Waals surface area contributed by atoms with E-state index in [0.29, 0.717) is 18.6 Å². The summed E-state index contributed by atoms with van der Waals surface area (Å²) in [5.41, 5.74) is -1.07. The quantitative estimate of drug-likeness (QED) is 0.886. The van der Waals surface area contributed by atoms with Crippen molar-refractivity contribution in [3.63, 3.8) is 0 Å². The fraction of sp³-hybridized carbons (Fsp3) is 0.353. The van der Waals surface area contributed by atoms with Crippen LogP contribution >= 0.6 is 0 Å². The molecule has 26 heavy (non-hydrogen) atoms. The van der Waals surface area contributed by atoms with Gasteiger partial charge in [0.2, 0.25) is 0 Å². The average Bonchev–Trinajstić information content (AvgIpc) is 3.08. The SMILES string of the molecule is Cn1c(NC2CCOC2c2ccc(F)c(F)c2)c(C#N)c(=O)n(C)c1=O. The third-order valence-corrected chi connectivity index (χ3v) is 4.46. The molecule has 0 amide bonds. The van der Waals surface area contributed by atoms with Gasteiger partial charge in [-0.2, -0.15) is 5.26 Å². The summed E-state index contributed by atoms with van der Waals surface area (Å²) in [7, 11) is 2.73. The molecule has 3 rings (SSSR count). The summed E-state index contributed by atoms with van der Waals surface area (Å²) in [6.45, 7) is 0.349. The standard InChI is InChI=1S/C17H16F2N4O3/c1-22-15(10(8-20)16(24)23(2)17(22)25)21-13-5-6-26-14(13)9-3-4-11(18)12(19)7-9/h3-4,7,13-14,21H,5-6H2,1-2H3. The van der Waals surface area contributed by atoms with Crippen LogP contribution in [-0.4, -0.2) is 21.8 Å². The van der Waals surface area contributed by atoms with Crippen molar-refractivity contribution in [2.24, 2.45) is 14.1 Å². The number of nitrogens with one attached hydrogen (secondary N) is 1. The van der Waals surface area contributed by atoms with Crippen molar-refractivity contribution in [3.05, 3.63) is 61.8 Å². The van der Waals surface area contributed by atoms with Crippen molar-refractivity contribution in [1.82, 2.24) is 9.13 Å². The van der Waals surface area contributed by atoms with Gasteiger partial charge < -0.3 is 10.1 Å². The zero-order valence-corrected chi connectivity index (χ0v) is 14.1. The molecule has 2 unspecified atom stereocenters. The zero-order chi connectivity index (χ0) is 19.0. The summed E-state index contributed by atoms with van der Waals surface area (Å²) >= 11 is 0. The number of ether oxygens (including phenoxy) is 1. The third kappa shape index (κ3) is 2.88. The third-order valence-electron chi connectivity index (χ3n) is 4.46. The van der Waals surface area contributed by atoms with Gasteiger partial charge in [0.25, 0.3) is 5.56 Å². The summed E-state index contributed by atoms with van der Waals surface area (Å²) in [4.78, 5) is 24.3. The molecule has 0 radical (unpaired) electrons. The highest BCUT2D eigenvalue weighted by molar-refractivity contribution is 5.52. The predicted molar refractivity (Wildman–Crippen MR) is 88.7 cm³/mol. The summed E-state index contributed by atoms with van der Waals surface area (Å²) in [5, 5.41) is 12.3. The number of rotatable bonds is 3. The first-order valence-corrected chi connectivity index (χ1v) is 7.88. The lowest BCUT2D eigenvalue weighted by atomic mass is 10.0. The fourth-order valence-corrected chi connectivity index (χ4v) is 3.04. The highest BCUT2D eigenvalue weighted by atomic mass is 19.2. The molecule has 1 aromatic carbocycles. The van der Waals surface area contributed by atoms with Gasteiger partial charge in [0.1, 0.15) is 18.0 Å². The molecule has 1 aliphatic heterocycles. The summed E-state index contributed by atoms with van der Waals surface area (Å²) in [6, 6.07) is 4.86. The maximum atomic E-state index is 13.5. The maximum absolute atomic E-state index is 13.5. The highest BCUT2D eigenvalue weighted by Gasteiger charge is 2.32. The van der Waals surface area contributed by atoms with Crippen molar-refractivity contribution < 1.29 is 13.5 Å². The van der Waals surface area contributed by atoms with Crippen LogP contribution in [0.15, 0.2) is 27.8 Å². The zero-order valence-electron chi connectivity index (χ0n) is 14.1. The van der Waals surface area contributed by atoms with Gasteiger partial charge in [-0.15, -0.1) is 0 Å². The number of nitrogens with zero attached hydrogens (tertiary/aromatic N) is 3. The van der Waals surface area contributed by atoms with Crippen molar-refractivity contribution in [2.75, 3.05) is 11.9 Å². The topological polar surface area (TPSA) is 89.1 Å². The van der Waals surface area contributed by atoms with Crippen LogP contribution in [0, 0.1) is 23.0 Å². The largest absolute Gasteiger partial charge is 0.371 e. The number of hydrogen-bond donors (Lipinski definition) is 1. The molecule has 0 saturated carbocycles. The lowest BCUT2D eigenvalue weighted by Gasteiger charge is -2.23. The molecular weight excluding hydrogens is 346 g/mol. The predicted octanol–water partition coefficient (Wildman–Crippen LogP) is 1.18. The van der Waals surface area contributed by atoms with Gasteiger partial charge in [-0.3, -0.25) is 13.9 Å². The summed E-state index contributed by atoms with van der Waals surface area (Å²) in [6.07, 6.45) is -0.117. The first kappa shape index (κ1) is 17.8. The van der Waals surface area contributed by atoms with Crippen LogP contribution in [0.25, 0.3) is 0 Å². The number of anilines is 1. The van der Waals surface area contributed by atoms with Gasteiger partial charge >= 0.3 is 5.69 Å². The van der Waals surface area contributed by atoms with Crippen LogP contribution in [0.2, 0.25) is 0 Å². The van der Waals surface area contributed by atoms with Gasteiger partial charge in [-0.1, -0.05) is 6.07 Å². The molecule has 1 fully saturated rings. The van der Waals surface area contributed by atoms with Crippen molar-refractivity contribution in [1.29, 1.82) is 5.26 Å². The lowest BCUT2D eigenvalue weighted by molar-refractivity contribution is 0.107. The number of nitriles is 1. The normalized spacial score (nSPS) is 19.3. The first-order chi connectivity index (χ1) is 12.3. The number of benzene rings is 1. The second-order valence-corrected chi connectivity index (χ2v) is 6.05. The van der Waals surface area contributed by atoms with E-state index < -0.39 is 35.0 Å². The fourth-order valence-electron chi connectivity index (χ4n) is 3.04. The van der Waals surface area contributed by atoms with Crippen LogP contribution in [-0.2, 0) is 18.8 Å². The van der Waals surface area contributed by atoms with Crippen LogP contribution in [0.4, 0.5) is 14.6 Å². The van der Waals surface area contributed by atoms with Crippen LogP contribution in [0.5, 0.6) is 0 Å². The molecule has 0 bridgehead atoms. The van der Waals surface area contributed by atoms with Gasteiger partial charge in [-0.05, 0) is 24.1 Å². The Morgan fingerprint density at radius 3 is 2.62 bits per heavy atom. The van der Waals surface area contributed by atoms with Crippen LogP contribution in [0.1, 0.15) is 23.7 Å². The molecule has 2 heterocycles. The molecule has 0 spiro atoms. The van der Waals surface area contributed by atoms with Gasteiger partial charge in [0.05, 0.1) is 6.04 Å². The Kier molecular flexibility index (Phi) is 4.61. The molecular formula is C17H16F2N4O3. The van der Waals surface area contributed by atoms with E-state index in [-0.39, 0.29) is 11.4 Å². The van der Waals surface area contributed by atoms with Crippen molar-refractivity contribution >= 4 is 5.82 Å². The Morgan fingerprint density at radius 1 is 1.23 bits per heavy atom. The minimum Gasteiger partial charge on any atom is -0.371 e. The van der Waals surface area contributed by atoms with E-state index in [1.807, 2.05) is 6.07 Å². The average molecular weight is 362 g/mol. The lowest BCUT2D eigenvalue weighted by Crippen LogP contribution is -2.41. The van der Waals surface area contributed by atoms with Crippen molar-refractivity contribution in [2.45, 2.75) is 18.6 Å². The number of halogens is 2. The first-order valence-electron chi connectivity index (χ1n) is 7.88. The molecule has 1 saturated heterocycles. The molecule has 1 aromatic heterocycles. The minimum atomic E-state index is -0.990. The summed E-state index contributed by atoms with van der Waals surface area (Å²) < 4.78 is 34.3. The number of hydrogen-bond acceptors (Lipinski definition) is 5. The summed E-state index contributed by atoms with van der Waals surface area (Å²) in [5.74, 6) is -1.88. The maximum Gasteiger partial charge on any atom is 0.332 e. The van der Waals surface area contributed by atoms with Gasteiger partial charge in [0, 0.05) is 20.7 Å². The number of aromatic nitrogens is 2. The Hall–Kier alpha value is -2.99. The van der Waals surface area contributed by atoms with Crippen LogP contribution < -0.4 is 16.6 Å². The molecule has 9 heteroatoms. The monoisotopic (exact) mass is 362 g/mol. The highest BCUT2D eigenvalue weighted by Crippen LogP contribution is 2.32. The van der Waals surface area contributed by atoms with E-state index in [1.165, 1.54) is 24.7 Å². The molecule has 136 valence electrons.